The number of sulfonamides is 1. The van der Waals surface area contributed by atoms with Crippen LogP contribution in [0.5, 0.6) is 0 Å². The molecule has 0 saturated heterocycles. The van der Waals surface area contributed by atoms with Gasteiger partial charge in [-0.05, 0) is 25.0 Å². The Kier molecular flexibility index (Phi) is 5.71. The highest BCUT2D eigenvalue weighted by atomic mass is 32.2. The van der Waals surface area contributed by atoms with Gasteiger partial charge in [-0.2, -0.15) is 0 Å². The summed E-state index contributed by atoms with van der Waals surface area (Å²) in [4.78, 5) is 4.04. The Morgan fingerprint density at radius 2 is 1.95 bits per heavy atom. The molecule has 1 rings (SSSR count). The minimum absolute atomic E-state index is 0.104. The van der Waals surface area contributed by atoms with E-state index in [0.29, 0.717) is 11.7 Å². The summed E-state index contributed by atoms with van der Waals surface area (Å²) in [5, 5.41) is 0. The molecule has 0 bridgehead atoms. The van der Waals surface area contributed by atoms with Crippen LogP contribution in [0.25, 0.3) is 0 Å². The molecule has 1 aromatic rings. The highest BCUT2D eigenvalue weighted by Crippen LogP contribution is 2.16. The molecular formula is C12H22N4O2S. The van der Waals surface area contributed by atoms with Gasteiger partial charge in [0.2, 0.25) is 10.0 Å². The maximum atomic E-state index is 12.2. The number of hydrazine groups is 1. The van der Waals surface area contributed by atoms with Gasteiger partial charge in [-0.1, -0.05) is 26.7 Å². The van der Waals surface area contributed by atoms with E-state index in [-0.39, 0.29) is 10.9 Å². The first kappa shape index (κ1) is 15.9. The normalized spacial score (nSPS) is 13.5. The van der Waals surface area contributed by atoms with Crippen molar-refractivity contribution in [2.75, 3.05) is 5.43 Å². The Labute approximate surface area is 114 Å². The van der Waals surface area contributed by atoms with Gasteiger partial charge in [0.1, 0.15) is 10.7 Å². The molecule has 0 aliphatic carbocycles. The van der Waals surface area contributed by atoms with Crippen LogP contribution < -0.4 is 16.0 Å². The molecule has 0 aromatic carbocycles. The van der Waals surface area contributed by atoms with Crippen molar-refractivity contribution in [3.8, 4) is 0 Å². The predicted molar refractivity (Wildman–Crippen MR) is 75.9 cm³/mol. The first-order valence-corrected chi connectivity index (χ1v) is 7.87. The molecule has 1 aromatic heterocycles. The van der Waals surface area contributed by atoms with E-state index in [1.54, 1.807) is 0 Å². The van der Waals surface area contributed by atoms with Crippen LogP contribution in [-0.2, 0) is 10.0 Å². The van der Waals surface area contributed by atoms with Crippen LogP contribution in [0, 0.1) is 5.92 Å². The number of nitrogens with two attached hydrogens (primary N) is 1. The first-order chi connectivity index (χ1) is 8.94. The molecule has 0 saturated carbocycles. The summed E-state index contributed by atoms with van der Waals surface area (Å²) in [6, 6.07) is 2.90. The molecule has 6 nitrogen and oxygen atoms in total. The van der Waals surface area contributed by atoms with E-state index in [9.17, 15) is 8.42 Å². The Morgan fingerprint density at radius 3 is 2.37 bits per heavy atom. The van der Waals surface area contributed by atoms with E-state index in [4.69, 9.17) is 5.84 Å². The molecular weight excluding hydrogens is 264 g/mol. The van der Waals surface area contributed by atoms with E-state index >= 15 is 0 Å². The zero-order valence-corrected chi connectivity index (χ0v) is 12.4. The summed E-state index contributed by atoms with van der Waals surface area (Å²) in [5.74, 6) is 5.94. The zero-order valence-electron chi connectivity index (χ0n) is 11.6. The number of rotatable bonds is 7. The third-order valence-corrected chi connectivity index (χ3v) is 4.84. The second-order valence-electron chi connectivity index (χ2n) is 4.51. The zero-order chi connectivity index (χ0) is 14.5. The second kappa shape index (κ2) is 6.83. The molecule has 0 spiro atoms. The number of nitrogens with zero attached hydrogens (tertiary/aromatic N) is 1. The molecule has 0 radical (unpaired) electrons. The number of nitrogens with one attached hydrogen (secondary N) is 2. The highest BCUT2D eigenvalue weighted by molar-refractivity contribution is 7.89. The lowest BCUT2D eigenvalue weighted by Gasteiger charge is -2.22. The summed E-state index contributed by atoms with van der Waals surface area (Å²) in [6.07, 6.45) is 3.17. The third-order valence-electron chi connectivity index (χ3n) is 3.29. The number of nitrogen functional groups attached to an aromatic ring is 1. The molecule has 0 fully saturated rings. The molecule has 7 heteroatoms. The van der Waals surface area contributed by atoms with Crippen LogP contribution in [0.3, 0.4) is 0 Å². The van der Waals surface area contributed by atoms with E-state index < -0.39 is 10.0 Å². The van der Waals surface area contributed by atoms with E-state index in [1.807, 2.05) is 6.92 Å². The van der Waals surface area contributed by atoms with Gasteiger partial charge in [0.15, 0.2) is 0 Å². The lowest BCUT2D eigenvalue weighted by atomic mass is 9.96. The van der Waals surface area contributed by atoms with Gasteiger partial charge in [-0.3, -0.25) is 0 Å². The van der Waals surface area contributed by atoms with Crippen molar-refractivity contribution in [1.29, 1.82) is 0 Å². The number of hydrogen-bond donors (Lipinski definition) is 3. The smallest absolute Gasteiger partial charge is 0.242 e. The SMILES string of the molecule is CCC(CC)C(C)NS(=O)(=O)c1ccc(NN)nc1. The van der Waals surface area contributed by atoms with Crippen molar-refractivity contribution in [2.45, 2.75) is 44.6 Å². The molecule has 0 aliphatic heterocycles. The van der Waals surface area contributed by atoms with Gasteiger partial charge in [0.05, 0.1) is 0 Å². The minimum atomic E-state index is -3.53. The van der Waals surface area contributed by atoms with Crippen molar-refractivity contribution in [3.05, 3.63) is 18.3 Å². The van der Waals surface area contributed by atoms with Crippen LogP contribution >= 0.6 is 0 Å². The largest absolute Gasteiger partial charge is 0.308 e. The van der Waals surface area contributed by atoms with Crippen molar-refractivity contribution in [3.63, 3.8) is 0 Å². The van der Waals surface area contributed by atoms with Crippen molar-refractivity contribution >= 4 is 15.8 Å². The Bertz CT molecular complexity index is 483. The first-order valence-electron chi connectivity index (χ1n) is 6.39. The molecule has 19 heavy (non-hydrogen) atoms. The van der Waals surface area contributed by atoms with Crippen molar-refractivity contribution in [2.24, 2.45) is 11.8 Å². The summed E-state index contributed by atoms with van der Waals surface area (Å²) in [5.41, 5.74) is 2.36. The highest BCUT2D eigenvalue weighted by Gasteiger charge is 2.22. The number of anilines is 1. The van der Waals surface area contributed by atoms with Crippen molar-refractivity contribution in [1.82, 2.24) is 9.71 Å². The standard InChI is InChI=1S/C12H22N4O2S/c1-4-10(5-2)9(3)16-19(17,18)11-6-7-12(15-13)14-8-11/h6-10,16H,4-5,13H2,1-3H3,(H,14,15). The van der Waals surface area contributed by atoms with Crippen LogP contribution in [0.1, 0.15) is 33.6 Å². The monoisotopic (exact) mass is 286 g/mol. The van der Waals surface area contributed by atoms with Gasteiger partial charge in [-0.25, -0.2) is 24.0 Å². The van der Waals surface area contributed by atoms with Crippen molar-refractivity contribution < 1.29 is 8.42 Å². The predicted octanol–water partition coefficient (Wildman–Crippen LogP) is 1.47. The Balaban J connectivity index is 2.85. The van der Waals surface area contributed by atoms with Gasteiger partial charge >= 0.3 is 0 Å². The van der Waals surface area contributed by atoms with E-state index in [2.05, 4.69) is 29.0 Å². The minimum Gasteiger partial charge on any atom is -0.308 e. The van der Waals surface area contributed by atoms with Crippen LogP contribution in [0.2, 0.25) is 0 Å². The van der Waals surface area contributed by atoms with Crippen LogP contribution in [0.4, 0.5) is 5.82 Å². The maximum Gasteiger partial charge on any atom is 0.242 e. The van der Waals surface area contributed by atoms with Crippen LogP contribution in [-0.4, -0.2) is 19.4 Å². The lowest BCUT2D eigenvalue weighted by molar-refractivity contribution is 0.390. The third kappa shape index (κ3) is 4.15. The molecule has 0 aliphatic rings. The molecule has 1 atom stereocenters. The fourth-order valence-electron chi connectivity index (χ4n) is 2.03. The van der Waals surface area contributed by atoms with Crippen LogP contribution in [0.15, 0.2) is 23.2 Å². The number of pyridine rings is 1. The second-order valence-corrected chi connectivity index (χ2v) is 6.22. The van der Waals surface area contributed by atoms with Gasteiger partial charge < -0.3 is 5.43 Å². The average Bonchev–Trinajstić information content (AvgIpc) is 2.39. The van der Waals surface area contributed by atoms with E-state index in [1.165, 1.54) is 18.3 Å². The lowest BCUT2D eigenvalue weighted by Crippen LogP contribution is -2.37. The molecule has 1 heterocycles. The van der Waals surface area contributed by atoms with Gasteiger partial charge in [-0.15, -0.1) is 0 Å². The Morgan fingerprint density at radius 1 is 1.32 bits per heavy atom. The molecule has 0 amide bonds. The molecule has 4 N–H and O–H groups in total. The fraction of sp³-hybridized carbons (Fsp3) is 0.583. The Hall–Kier alpha value is -1.18. The number of aromatic nitrogens is 1. The van der Waals surface area contributed by atoms with E-state index in [0.717, 1.165) is 12.8 Å². The fourth-order valence-corrected chi connectivity index (χ4v) is 3.29. The number of hydrogen-bond acceptors (Lipinski definition) is 5. The van der Waals surface area contributed by atoms with Gasteiger partial charge in [0, 0.05) is 12.2 Å². The average molecular weight is 286 g/mol. The maximum absolute atomic E-state index is 12.2. The molecule has 108 valence electrons. The van der Waals surface area contributed by atoms with Gasteiger partial charge in [0.25, 0.3) is 0 Å². The topological polar surface area (TPSA) is 97.1 Å². The summed E-state index contributed by atoms with van der Waals surface area (Å²) >= 11 is 0. The summed E-state index contributed by atoms with van der Waals surface area (Å²) in [6.45, 7) is 6.00. The summed E-state index contributed by atoms with van der Waals surface area (Å²) in [7, 11) is -3.53. The molecule has 1 unspecified atom stereocenters. The summed E-state index contributed by atoms with van der Waals surface area (Å²) < 4.78 is 27.0. The quantitative estimate of drug-likeness (QED) is 0.521.